The minimum Gasteiger partial charge on any atom is -0.381 e. The molecule has 0 spiro atoms. The Labute approximate surface area is 106 Å². The summed E-state index contributed by atoms with van der Waals surface area (Å²) in [7, 11) is 2.18. The largest absolute Gasteiger partial charge is 0.381 e. The molecule has 3 heteroatoms. The van der Waals surface area contributed by atoms with Crippen LogP contribution in [0.1, 0.15) is 18.4 Å². The van der Waals surface area contributed by atoms with E-state index in [1.165, 1.54) is 11.3 Å². The summed E-state index contributed by atoms with van der Waals surface area (Å²) in [6, 6.07) is 9.39. The standard InChI is InChI=1S/C13H18BrNO/c1-15(13-6-8-16-9-7-13)12-4-2-11(10-14)3-5-12/h2-5,13H,6-10H2,1H3. The minimum atomic E-state index is 0.628. The molecule has 0 aliphatic carbocycles. The first-order valence-electron chi connectivity index (χ1n) is 5.77. The zero-order valence-corrected chi connectivity index (χ0v) is 11.2. The van der Waals surface area contributed by atoms with Gasteiger partial charge in [-0.2, -0.15) is 0 Å². The van der Waals surface area contributed by atoms with Gasteiger partial charge in [-0.1, -0.05) is 28.1 Å². The third-order valence-electron chi connectivity index (χ3n) is 3.24. The van der Waals surface area contributed by atoms with Crippen LogP contribution in [0, 0.1) is 0 Å². The molecule has 0 saturated carbocycles. The molecule has 2 nitrogen and oxygen atoms in total. The molecule has 0 unspecified atom stereocenters. The van der Waals surface area contributed by atoms with Gasteiger partial charge in [-0.05, 0) is 30.5 Å². The lowest BCUT2D eigenvalue weighted by atomic mass is 10.1. The fourth-order valence-corrected chi connectivity index (χ4v) is 2.48. The van der Waals surface area contributed by atoms with Crippen LogP contribution in [0.3, 0.4) is 0 Å². The van der Waals surface area contributed by atoms with Gasteiger partial charge in [-0.25, -0.2) is 0 Å². The van der Waals surface area contributed by atoms with Crippen molar-refractivity contribution < 1.29 is 4.74 Å². The van der Waals surface area contributed by atoms with E-state index < -0.39 is 0 Å². The van der Waals surface area contributed by atoms with Crippen molar-refractivity contribution in [3.63, 3.8) is 0 Å². The Kier molecular flexibility index (Phi) is 4.24. The first-order chi connectivity index (χ1) is 7.81. The first-order valence-corrected chi connectivity index (χ1v) is 6.89. The molecule has 0 bridgehead atoms. The number of benzene rings is 1. The average molecular weight is 284 g/mol. The summed E-state index contributed by atoms with van der Waals surface area (Å²) >= 11 is 3.47. The highest BCUT2D eigenvalue weighted by Crippen LogP contribution is 2.22. The minimum absolute atomic E-state index is 0.628. The van der Waals surface area contributed by atoms with Crippen LogP contribution in [0.4, 0.5) is 5.69 Å². The number of ether oxygens (including phenoxy) is 1. The van der Waals surface area contributed by atoms with Crippen molar-refractivity contribution in [2.45, 2.75) is 24.2 Å². The average Bonchev–Trinajstić information content (AvgIpc) is 2.39. The second-order valence-electron chi connectivity index (χ2n) is 4.25. The number of hydrogen-bond donors (Lipinski definition) is 0. The van der Waals surface area contributed by atoms with Gasteiger partial charge in [0.25, 0.3) is 0 Å². The van der Waals surface area contributed by atoms with E-state index in [1.807, 2.05) is 0 Å². The maximum Gasteiger partial charge on any atom is 0.0485 e. The summed E-state index contributed by atoms with van der Waals surface area (Å²) in [6.45, 7) is 1.79. The van der Waals surface area contributed by atoms with Gasteiger partial charge in [-0.3, -0.25) is 0 Å². The highest BCUT2D eigenvalue weighted by molar-refractivity contribution is 9.08. The number of hydrogen-bond acceptors (Lipinski definition) is 2. The van der Waals surface area contributed by atoms with Gasteiger partial charge < -0.3 is 9.64 Å². The van der Waals surface area contributed by atoms with E-state index in [0.717, 1.165) is 31.4 Å². The van der Waals surface area contributed by atoms with Crippen molar-refractivity contribution in [2.24, 2.45) is 0 Å². The molecule has 0 amide bonds. The molecule has 1 aliphatic rings. The van der Waals surface area contributed by atoms with Gasteiger partial charge >= 0.3 is 0 Å². The third kappa shape index (κ3) is 2.77. The van der Waals surface area contributed by atoms with E-state index in [0.29, 0.717) is 6.04 Å². The van der Waals surface area contributed by atoms with Crippen molar-refractivity contribution in [3.8, 4) is 0 Å². The van der Waals surface area contributed by atoms with Crippen LogP contribution in [0.5, 0.6) is 0 Å². The second kappa shape index (κ2) is 5.69. The Morgan fingerprint density at radius 3 is 2.44 bits per heavy atom. The lowest BCUT2D eigenvalue weighted by molar-refractivity contribution is 0.0855. The fraction of sp³-hybridized carbons (Fsp3) is 0.538. The van der Waals surface area contributed by atoms with Crippen molar-refractivity contribution in [1.29, 1.82) is 0 Å². The summed E-state index contributed by atoms with van der Waals surface area (Å²) in [5, 5.41) is 0.925. The van der Waals surface area contributed by atoms with Crippen molar-refractivity contribution in [3.05, 3.63) is 29.8 Å². The van der Waals surface area contributed by atoms with E-state index >= 15 is 0 Å². The third-order valence-corrected chi connectivity index (χ3v) is 3.88. The highest BCUT2D eigenvalue weighted by atomic mass is 79.9. The Morgan fingerprint density at radius 2 is 1.88 bits per heavy atom. The van der Waals surface area contributed by atoms with Gasteiger partial charge in [0.1, 0.15) is 0 Å². The van der Waals surface area contributed by atoms with Crippen LogP contribution in [-0.4, -0.2) is 26.3 Å². The van der Waals surface area contributed by atoms with E-state index in [9.17, 15) is 0 Å². The van der Waals surface area contributed by atoms with Crippen molar-refractivity contribution in [1.82, 2.24) is 0 Å². The fourth-order valence-electron chi connectivity index (χ4n) is 2.10. The molecule has 0 aromatic heterocycles. The quantitative estimate of drug-likeness (QED) is 0.790. The first kappa shape index (κ1) is 11.9. The molecular formula is C13H18BrNO. The molecule has 1 heterocycles. The van der Waals surface area contributed by atoms with Crippen LogP contribution >= 0.6 is 15.9 Å². The molecule has 88 valence electrons. The summed E-state index contributed by atoms with van der Waals surface area (Å²) in [5.41, 5.74) is 2.63. The molecule has 2 rings (SSSR count). The number of rotatable bonds is 3. The van der Waals surface area contributed by atoms with Crippen LogP contribution in [0.2, 0.25) is 0 Å². The second-order valence-corrected chi connectivity index (χ2v) is 4.82. The van der Waals surface area contributed by atoms with Crippen LogP contribution in [0.15, 0.2) is 24.3 Å². The van der Waals surface area contributed by atoms with Gasteiger partial charge in [0.2, 0.25) is 0 Å². The maximum absolute atomic E-state index is 5.39. The maximum atomic E-state index is 5.39. The van der Waals surface area contributed by atoms with E-state index in [1.54, 1.807) is 0 Å². The zero-order chi connectivity index (χ0) is 11.4. The summed E-state index contributed by atoms with van der Waals surface area (Å²) < 4.78 is 5.39. The Morgan fingerprint density at radius 1 is 1.25 bits per heavy atom. The topological polar surface area (TPSA) is 12.5 Å². The number of anilines is 1. The predicted octanol–water partition coefficient (Wildman–Crippen LogP) is 3.20. The normalized spacial score (nSPS) is 17.4. The van der Waals surface area contributed by atoms with Gasteiger partial charge in [0.15, 0.2) is 0 Å². The number of nitrogens with zero attached hydrogens (tertiary/aromatic N) is 1. The molecule has 1 fully saturated rings. The molecule has 0 radical (unpaired) electrons. The zero-order valence-electron chi connectivity index (χ0n) is 9.66. The van der Waals surface area contributed by atoms with Gasteiger partial charge in [0, 0.05) is 37.3 Å². The lowest BCUT2D eigenvalue weighted by Crippen LogP contribution is -2.36. The molecule has 1 saturated heterocycles. The lowest BCUT2D eigenvalue weighted by Gasteiger charge is -2.33. The van der Waals surface area contributed by atoms with Crippen molar-refractivity contribution in [2.75, 3.05) is 25.2 Å². The highest BCUT2D eigenvalue weighted by Gasteiger charge is 2.18. The number of halogens is 1. The Hall–Kier alpha value is -0.540. The van der Waals surface area contributed by atoms with Crippen molar-refractivity contribution >= 4 is 21.6 Å². The summed E-state index contributed by atoms with van der Waals surface area (Å²) in [4.78, 5) is 2.38. The monoisotopic (exact) mass is 283 g/mol. The predicted molar refractivity (Wildman–Crippen MR) is 71.3 cm³/mol. The molecular weight excluding hydrogens is 266 g/mol. The van der Waals surface area contributed by atoms with Crippen LogP contribution < -0.4 is 4.90 Å². The van der Waals surface area contributed by atoms with Gasteiger partial charge in [0.05, 0.1) is 0 Å². The molecule has 16 heavy (non-hydrogen) atoms. The SMILES string of the molecule is CN(c1ccc(CBr)cc1)C1CCOCC1. The Bertz CT molecular complexity index is 319. The Balaban J connectivity index is 2.04. The summed E-state index contributed by atoms with van der Waals surface area (Å²) in [6.07, 6.45) is 2.27. The van der Waals surface area contributed by atoms with E-state index in [2.05, 4.69) is 52.1 Å². The molecule has 1 aromatic rings. The van der Waals surface area contributed by atoms with E-state index in [-0.39, 0.29) is 0 Å². The van der Waals surface area contributed by atoms with Gasteiger partial charge in [-0.15, -0.1) is 0 Å². The molecule has 1 aromatic carbocycles. The smallest absolute Gasteiger partial charge is 0.0485 e. The summed E-state index contributed by atoms with van der Waals surface area (Å²) in [5.74, 6) is 0. The van der Waals surface area contributed by atoms with E-state index in [4.69, 9.17) is 4.74 Å². The molecule has 1 aliphatic heterocycles. The van der Waals surface area contributed by atoms with Crippen LogP contribution in [0.25, 0.3) is 0 Å². The van der Waals surface area contributed by atoms with Crippen LogP contribution in [-0.2, 0) is 10.1 Å². The molecule has 0 atom stereocenters. The molecule has 0 N–H and O–H groups in total. The number of alkyl halides is 1.